The Kier molecular flexibility index (Phi) is 6.44. The summed E-state index contributed by atoms with van der Waals surface area (Å²) in [5.74, 6) is -0.334. The van der Waals surface area contributed by atoms with Gasteiger partial charge in [0.05, 0.1) is 29.9 Å². The lowest BCUT2D eigenvalue weighted by atomic mass is 10.3. The molecule has 0 aliphatic heterocycles. The summed E-state index contributed by atoms with van der Waals surface area (Å²) in [6.07, 6.45) is 0.349. The van der Waals surface area contributed by atoms with E-state index in [1.54, 1.807) is 17.4 Å². The van der Waals surface area contributed by atoms with Crippen LogP contribution in [-0.4, -0.2) is 33.7 Å². The highest BCUT2D eigenvalue weighted by molar-refractivity contribution is 7.15. The quantitative estimate of drug-likeness (QED) is 0.755. The lowest BCUT2D eigenvalue weighted by Crippen LogP contribution is -2.38. The number of nitriles is 2. The summed E-state index contributed by atoms with van der Waals surface area (Å²) in [4.78, 5) is 27.9. The van der Waals surface area contributed by atoms with Crippen molar-refractivity contribution in [3.63, 3.8) is 0 Å². The highest BCUT2D eigenvalue weighted by Gasteiger charge is 2.15. The molecule has 0 unspecified atom stereocenters. The van der Waals surface area contributed by atoms with Crippen molar-refractivity contribution in [2.45, 2.75) is 26.3 Å². The summed E-state index contributed by atoms with van der Waals surface area (Å²) in [6.45, 7) is 2.23. The van der Waals surface area contributed by atoms with Crippen LogP contribution in [0.4, 0.5) is 0 Å². The Morgan fingerprint density at radius 3 is 2.44 bits per heavy atom. The number of carbonyl (C=O) groups is 1. The molecule has 0 bridgehead atoms. The second-order valence-corrected chi connectivity index (χ2v) is 6.61. The van der Waals surface area contributed by atoms with E-state index in [-0.39, 0.29) is 43.9 Å². The normalized spacial score (nSPS) is 10.0. The van der Waals surface area contributed by atoms with Gasteiger partial charge in [-0.25, -0.2) is 4.68 Å². The van der Waals surface area contributed by atoms with Gasteiger partial charge in [0.15, 0.2) is 0 Å². The molecule has 0 saturated heterocycles. The van der Waals surface area contributed by atoms with Crippen molar-refractivity contribution in [2.75, 3.05) is 13.1 Å². The summed E-state index contributed by atoms with van der Waals surface area (Å²) in [6, 6.07) is 10.9. The van der Waals surface area contributed by atoms with Crippen molar-refractivity contribution >= 4 is 17.2 Å². The number of hydrogen-bond acceptors (Lipinski definition) is 6. The van der Waals surface area contributed by atoms with Gasteiger partial charge in [0, 0.05) is 24.0 Å². The number of nitrogens with zero attached hydrogens (tertiary/aromatic N) is 5. The Labute approximate surface area is 149 Å². The molecule has 25 heavy (non-hydrogen) atoms. The average molecular weight is 355 g/mol. The molecule has 0 saturated carbocycles. The fourth-order valence-electron chi connectivity index (χ4n) is 2.23. The van der Waals surface area contributed by atoms with Gasteiger partial charge in [0.25, 0.3) is 5.56 Å². The summed E-state index contributed by atoms with van der Waals surface area (Å²) in [7, 11) is 0. The number of carbonyl (C=O) groups excluding carboxylic acids is 1. The highest BCUT2D eigenvalue weighted by atomic mass is 32.1. The predicted octanol–water partition coefficient (Wildman–Crippen LogP) is 1.94. The summed E-state index contributed by atoms with van der Waals surface area (Å²) in [5, 5.41) is 21.7. The van der Waals surface area contributed by atoms with Crippen molar-refractivity contribution in [2.24, 2.45) is 0 Å². The van der Waals surface area contributed by atoms with Crippen molar-refractivity contribution in [1.82, 2.24) is 14.7 Å². The zero-order valence-corrected chi connectivity index (χ0v) is 14.6. The molecule has 1 amide bonds. The van der Waals surface area contributed by atoms with Crippen LogP contribution in [0.25, 0.3) is 10.6 Å². The second kappa shape index (κ2) is 8.76. The van der Waals surface area contributed by atoms with Crippen LogP contribution < -0.4 is 5.56 Å². The van der Waals surface area contributed by atoms with Crippen LogP contribution in [0.3, 0.4) is 0 Å². The maximum Gasteiger partial charge on any atom is 0.267 e. The molecule has 2 aromatic rings. The molecule has 0 N–H and O–H groups in total. The third-order valence-electron chi connectivity index (χ3n) is 3.48. The maximum absolute atomic E-state index is 12.4. The summed E-state index contributed by atoms with van der Waals surface area (Å²) in [5.41, 5.74) is 0.261. The minimum absolute atomic E-state index is 0.175. The van der Waals surface area contributed by atoms with E-state index >= 15 is 0 Å². The Morgan fingerprint density at radius 2 is 1.88 bits per heavy atom. The Morgan fingerprint density at radius 1 is 1.20 bits per heavy atom. The van der Waals surface area contributed by atoms with E-state index in [4.69, 9.17) is 10.5 Å². The van der Waals surface area contributed by atoms with Crippen LogP contribution in [-0.2, 0) is 11.3 Å². The van der Waals surface area contributed by atoms with E-state index in [1.807, 2.05) is 31.2 Å². The molecule has 0 radical (unpaired) electrons. The standard InChI is InChI=1S/C17H17N5O2S/c1-13-4-6-15(25-13)14-5-7-16(23)22(20-14)12-17(24)21(10-2-8-18)11-3-9-19/h4-7H,2-3,10-12H2,1H3. The van der Waals surface area contributed by atoms with Gasteiger partial charge in [-0.2, -0.15) is 15.6 Å². The zero-order chi connectivity index (χ0) is 18.2. The van der Waals surface area contributed by atoms with E-state index in [0.29, 0.717) is 5.69 Å². The first kappa shape index (κ1) is 18.4. The fraction of sp³-hybridized carbons (Fsp3) is 0.353. The van der Waals surface area contributed by atoms with Crippen molar-refractivity contribution in [3.05, 3.63) is 39.5 Å². The molecule has 0 aromatic carbocycles. The van der Waals surface area contributed by atoms with Gasteiger partial charge in [0.2, 0.25) is 5.91 Å². The van der Waals surface area contributed by atoms with Crippen LogP contribution in [0.1, 0.15) is 17.7 Å². The van der Waals surface area contributed by atoms with Crippen LogP contribution >= 0.6 is 11.3 Å². The molecule has 7 nitrogen and oxygen atoms in total. The van der Waals surface area contributed by atoms with Crippen LogP contribution in [0.2, 0.25) is 0 Å². The molecule has 0 atom stereocenters. The van der Waals surface area contributed by atoms with Crippen molar-refractivity contribution in [3.8, 4) is 22.7 Å². The van der Waals surface area contributed by atoms with Gasteiger partial charge in [-0.1, -0.05) is 0 Å². The van der Waals surface area contributed by atoms with Crippen molar-refractivity contribution in [1.29, 1.82) is 10.5 Å². The van der Waals surface area contributed by atoms with Gasteiger partial charge in [-0.05, 0) is 25.1 Å². The minimum Gasteiger partial charge on any atom is -0.339 e. The number of rotatable bonds is 7. The fourth-order valence-corrected chi connectivity index (χ4v) is 3.06. The topological polar surface area (TPSA) is 103 Å². The zero-order valence-electron chi connectivity index (χ0n) is 13.8. The van der Waals surface area contributed by atoms with Crippen LogP contribution in [0.15, 0.2) is 29.1 Å². The second-order valence-electron chi connectivity index (χ2n) is 5.32. The van der Waals surface area contributed by atoms with E-state index in [0.717, 1.165) is 14.4 Å². The smallest absolute Gasteiger partial charge is 0.267 e. The van der Waals surface area contributed by atoms with E-state index in [2.05, 4.69) is 5.10 Å². The first-order valence-corrected chi connectivity index (χ1v) is 8.53. The lowest BCUT2D eigenvalue weighted by Gasteiger charge is -2.20. The predicted molar refractivity (Wildman–Crippen MR) is 93.6 cm³/mol. The number of aromatic nitrogens is 2. The molecule has 0 aliphatic rings. The molecule has 2 heterocycles. The molecule has 2 aromatic heterocycles. The maximum atomic E-state index is 12.4. The molecule has 0 spiro atoms. The van der Waals surface area contributed by atoms with E-state index in [9.17, 15) is 9.59 Å². The molecule has 2 rings (SSSR count). The minimum atomic E-state index is -0.370. The van der Waals surface area contributed by atoms with Gasteiger partial charge in [-0.15, -0.1) is 11.3 Å². The molecular weight excluding hydrogens is 338 g/mol. The third-order valence-corrected chi connectivity index (χ3v) is 4.51. The number of aryl methyl sites for hydroxylation is 1. The molecule has 0 fully saturated rings. The van der Waals surface area contributed by atoms with E-state index in [1.165, 1.54) is 11.0 Å². The lowest BCUT2D eigenvalue weighted by molar-refractivity contribution is -0.132. The molecular formula is C17H17N5O2S. The molecule has 128 valence electrons. The van der Waals surface area contributed by atoms with E-state index < -0.39 is 0 Å². The van der Waals surface area contributed by atoms with Crippen LogP contribution in [0, 0.1) is 29.6 Å². The first-order valence-electron chi connectivity index (χ1n) is 7.72. The van der Waals surface area contributed by atoms with Gasteiger partial charge >= 0.3 is 0 Å². The third kappa shape index (κ3) is 5.00. The Hall–Kier alpha value is -2.97. The van der Waals surface area contributed by atoms with Crippen molar-refractivity contribution < 1.29 is 4.79 Å². The van der Waals surface area contributed by atoms with Crippen LogP contribution in [0.5, 0.6) is 0 Å². The largest absolute Gasteiger partial charge is 0.339 e. The van der Waals surface area contributed by atoms with Gasteiger partial charge < -0.3 is 4.90 Å². The number of hydrogen-bond donors (Lipinski definition) is 0. The van der Waals surface area contributed by atoms with Gasteiger partial charge in [0.1, 0.15) is 12.2 Å². The summed E-state index contributed by atoms with van der Waals surface area (Å²) < 4.78 is 1.12. The Balaban J connectivity index is 2.20. The number of thiophene rings is 1. The average Bonchev–Trinajstić information content (AvgIpc) is 3.03. The van der Waals surface area contributed by atoms with Gasteiger partial charge in [-0.3, -0.25) is 9.59 Å². The SMILES string of the molecule is Cc1ccc(-c2ccc(=O)n(CC(=O)N(CCC#N)CCC#N)n2)s1. The first-order chi connectivity index (χ1) is 12.0. The molecule has 8 heteroatoms. The molecule has 0 aliphatic carbocycles. The Bertz CT molecular complexity index is 869. The monoisotopic (exact) mass is 355 g/mol. The number of amides is 1. The summed E-state index contributed by atoms with van der Waals surface area (Å²) >= 11 is 1.56. The highest BCUT2D eigenvalue weighted by Crippen LogP contribution is 2.24.